The first kappa shape index (κ1) is 14.7. The molecule has 0 spiro atoms. The van der Waals surface area contributed by atoms with Gasteiger partial charge in [-0.05, 0) is 23.6 Å². The lowest BCUT2D eigenvalue weighted by Crippen LogP contribution is -2.43. The predicted molar refractivity (Wildman–Crippen MR) is 80.1 cm³/mol. The number of urea groups is 1. The number of carbonyl (C=O) groups excluding carboxylic acids is 1. The summed E-state index contributed by atoms with van der Waals surface area (Å²) in [4.78, 5) is 24.5. The summed E-state index contributed by atoms with van der Waals surface area (Å²) in [6.45, 7) is 4.21. The van der Waals surface area contributed by atoms with Crippen molar-refractivity contribution in [3.63, 3.8) is 0 Å². The summed E-state index contributed by atoms with van der Waals surface area (Å²) in [6, 6.07) is 6.51. The Bertz CT molecular complexity index is 502. The van der Waals surface area contributed by atoms with E-state index in [9.17, 15) is 9.59 Å². The SMILES string of the molecule is CC(C)c1ccc(NC(=O)N2CSC[C@H]2C(=O)O)cc1. The number of rotatable bonds is 3. The number of nitrogens with one attached hydrogen (secondary N) is 1. The van der Waals surface area contributed by atoms with E-state index in [0.29, 0.717) is 23.2 Å². The fourth-order valence-electron chi connectivity index (χ4n) is 1.99. The van der Waals surface area contributed by atoms with Crippen LogP contribution < -0.4 is 5.32 Å². The number of thioether (sulfide) groups is 1. The van der Waals surface area contributed by atoms with Crippen molar-refractivity contribution in [3.8, 4) is 0 Å². The van der Waals surface area contributed by atoms with E-state index >= 15 is 0 Å². The maximum Gasteiger partial charge on any atom is 0.327 e. The molecule has 0 bridgehead atoms. The minimum absolute atomic E-state index is 0.361. The zero-order valence-electron chi connectivity index (χ0n) is 11.5. The second-order valence-corrected chi connectivity index (χ2v) is 6.03. The minimum atomic E-state index is -0.958. The smallest absolute Gasteiger partial charge is 0.327 e. The van der Waals surface area contributed by atoms with Crippen molar-refractivity contribution in [1.29, 1.82) is 0 Å². The molecule has 0 unspecified atom stereocenters. The van der Waals surface area contributed by atoms with E-state index in [-0.39, 0.29) is 6.03 Å². The number of amides is 2. The van der Waals surface area contributed by atoms with Gasteiger partial charge in [-0.1, -0.05) is 26.0 Å². The summed E-state index contributed by atoms with van der Waals surface area (Å²) in [5, 5.41) is 11.8. The van der Waals surface area contributed by atoms with Crippen LogP contribution in [0.3, 0.4) is 0 Å². The maximum absolute atomic E-state index is 12.1. The third-order valence-corrected chi connectivity index (χ3v) is 4.27. The van der Waals surface area contributed by atoms with Crippen LogP contribution in [0.5, 0.6) is 0 Å². The number of carboxylic acids is 1. The van der Waals surface area contributed by atoms with E-state index in [1.165, 1.54) is 22.2 Å². The van der Waals surface area contributed by atoms with Crippen LogP contribution in [0, 0.1) is 0 Å². The molecule has 1 aliphatic heterocycles. The van der Waals surface area contributed by atoms with Gasteiger partial charge in [0, 0.05) is 11.4 Å². The second-order valence-electron chi connectivity index (χ2n) is 5.03. The van der Waals surface area contributed by atoms with E-state index in [4.69, 9.17) is 5.11 Å². The highest BCUT2D eigenvalue weighted by Gasteiger charge is 2.34. The highest BCUT2D eigenvalue weighted by atomic mass is 32.2. The van der Waals surface area contributed by atoms with E-state index in [1.807, 2.05) is 24.3 Å². The van der Waals surface area contributed by atoms with Crippen molar-refractivity contribution in [2.75, 3.05) is 16.9 Å². The molecule has 2 N–H and O–H groups in total. The topological polar surface area (TPSA) is 69.6 Å². The Kier molecular flexibility index (Phi) is 4.54. The average molecular weight is 294 g/mol. The van der Waals surface area contributed by atoms with Gasteiger partial charge >= 0.3 is 12.0 Å². The van der Waals surface area contributed by atoms with Gasteiger partial charge in [0.1, 0.15) is 6.04 Å². The third-order valence-electron chi connectivity index (χ3n) is 3.26. The van der Waals surface area contributed by atoms with Gasteiger partial charge in [0.05, 0.1) is 5.88 Å². The minimum Gasteiger partial charge on any atom is -0.480 e. The Morgan fingerprint density at radius 3 is 2.55 bits per heavy atom. The zero-order valence-corrected chi connectivity index (χ0v) is 12.3. The molecule has 108 valence electrons. The largest absolute Gasteiger partial charge is 0.480 e. The van der Waals surface area contributed by atoms with Crippen LogP contribution in [0.4, 0.5) is 10.5 Å². The molecule has 1 atom stereocenters. The first-order valence-electron chi connectivity index (χ1n) is 6.47. The summed E-state index contributed by atoms with van der Waals surface area (Å²) < 4.78 is 0. The summed E-state index contributed by atoms with van der Waals surface area (Å²) in [7, 11) is 0. The number of hydrogen-bond donors (Lipinski definition) is 2. The van der Waals surface area contributed by atoms with Gasteiger partial charge in [-0.25, -0.2) is 9.59 Å². The van der Waals surface area contributed by atoms with Crippen molar-refractivity contribution < 1.29 is 14.7 Å². The second kappa shape index (κ2) is 6.17. The van der Waals surface area contributed by atoms with Gasteiger partial charge in [-0.15, -0.1) is 11.8 Å². The fourth-order valence-corrected chi connectivity index (χ4v) is 3.14. The highest BCUT2D eigenvalue weighted by Crippen LogP contribution is 2.23. The van der Waals surface area contributed by atoms with E-state index in [2.05, 4.69) is 19.2 Å². The predicted octanol–water partition coefficient (Wildman–Crippen LogP) is 2.80. The van der Waals surface area contributed by atoms with Gasteiger partial charge < -0.3 is 15.3 Å². The molecule has 1 saturated heterocycles. The molecule has 0 saturated carbocycles. The van der Waals surface area contributed by atoms with Gasteiger partial charge in [0.15, 0.2) is 0 Å². The summed E-state index contributed by atoms with van der Waals surface area (Å²) >= 11 is 1.45. The molecule has 1 fully saturated rings. The van der Waals surface area contributed by atoms with Crippen LogP contribution in [0.15, 0.2) is 24.3 Å². The van der Waals surface area contributed by atoms with Crippen molar-refractivity contribution in [2.45, 2.75) is 25.8 Å². The number of carbonyl (C=O) groups is 2. The standard InChI is InChI=1S/C14H18N2O3S/c1-9(2)10-3-5-11(6-4-10)15-14(19)16-8-20-7-12(16)13(17)18/h3-6,9,12H,7-8H2,1-2H3,(H,15,19)(H,17,18)/t12-/m0/s1. The summed E-state index contributed by atoms with van der Waals surface area (Å²) in [5.41, 5.74) is 1.88. The molecule has 1 aromatic rings. The Hall–Kier alpha value is -1.69. The summed E-state index contributed by atoms with van der Waals surface area (Å²) in [6.07, 6.45) is 0. The lowest BCUT2D eigenvalue weighted by molar-refractivity contribution is -0.140. The fraction of sp³-hybridized carbons (Fsp3) is 0.429. The molecule has 1 aliphatic rings. The van der Waals surface area contributed by atoms with Crippen LogP contribution in [-0.4, -0.2) is 39.7 Å². The average Bonchev–Trinajstić information content (AvgIpc) is 2.88. The molecular weight excluding hydrogens is 276 g/mol. The highest BCUT2D eigenvalue weighted by molar-refractivity contribution is 7.99. The normalized spacial score (nSPS) is 18.4. The molecular formula is C14H18N2O3S. The number of carboxylic acid groups (broad SMARTS) is 1. The maximum atomic E-state index is 12.1. The van der Waals surface area contributed by atoms with E-state index < -0.39 is 12.0 Å². The lowest BCUT2D eigenvalue weighted by atomic mass is 10.0. The number of aliphatic carboxylic acids is 1. The van der Waals surface area contributed by atoms with Crippen LogP contribution >= 0.6 is 11.8 Å². The van der Waals surface area contributed by atoms with Crippen molar-refractivity contribution >= 4 is 29.4 Å². The Balaban J connectivity index is 2.02. The molecule has 1 aromatic carbocycles. The quantitative estimate of drug-likeness (QED) is 0.899. The van der Waals surface area contributed by atoms with Crippen molar-refractivity contribution in [3.05, 3.63) is 29.8 Å². The molecule has 0 aromatic heterocycles. The number of benzene rings is 1. The molecule has 20 heavy (non-hydrogen) atoms. The first-order chi connectivity index (χ1) is 9.49. The number of nitrogens with zero attached hydrogens (tertiary/aromatic N) is 1. The molecule has 5 nitrogen and oxygen atoms in total. The van der Waals surface area contributed by atoms with Gasteiger partial charge in [0.25, 0.3) is 0 Å². The van der Waals surface area contributed by atoms with Gasteiger partial charge in [-0.2, -0.15) is 0 Å². The van der Waals surface area contributed by atoms with E-state index in [0.717, 1.165) is 0 Å². The monoisotopic (exact) mass is 294 g/mol. The van der Waals surface area contributed by atoms with Crippen LogP contribution in [0.25, 0.3) is 0 Å². The van der Waals surface area contributed by atoms with Crippen LogP contribution in [0.2, 0.25) is 0 Å². The van der Waals surface area contributed by atoms with Gasteiger partial charge in [0.2, 0.25) is 0 Å². The Labute approximate surface area is 122 Å². The van der Waals surface area contributed by atoms with Gasteiger partial charge in [-0.3, -0.25) is 0 Å². The molecule has 6 heteroatoms. The van der Waals surface area contributed by atoms with Crippen LogP contribution in [0.1, 0.15) is 25.3 Å². The molecule has 2 amide bonds. The Morgan fingerprint density at radius 1 is 1.35 bits per heavy atom. The molecule has 2 rings (SSSR count). The lowest BCUT2D eigenvalue weighted by Gasteiger charge is -2.21. The number of anilines is 1. The van der Waals surface area contributed by atoms with E-state index in [1.54, 1.807) is 0 Å². The first-order valence-corrected chi connectivity index (χ1v) is 7.62. The zero-order chi connectivity index (χ0) is 14.7. The van der Waals surface area contributed by atoms with Crippen molar-refractivity contribution in [1.82, 2.24) is 4.90 Å². The van der Waals surface area contributed by atoms with Crippen LogP contribution in [-0.2, 0) is 4.79 Å². The Morgan fingerprint density at radius 2 is 2.00 bits per heavy atom. The molecule has 0 aliphatic carbocycles. The third kappa shape index (κ3) is 3.25. The van der Waals surface area contributed by atoms with Crippen molar-refractivity contribution in [2.24, 2.45) is 0 Å². The number of hydrogen-bond acceptors (Lipinski definition) is 3. The molecule has 1 heterocycles. The molecule has 0 radical (unpaired) electrons. The summed E-state index contributed by atoms with van der Waals surface area (Å²) in [5.74, 6) is 0.327.